The van der Waals surface area contributed by atoms with Crippen LogP contribution in [0.4, 0.5) is 8.78 Å². The molecule has 7 heteroatoms. The van der Waals surface area contributed by atoms with Gasteiger partial charge in [0.25, 0.3) is 5.91 Å². The lowest BCUT2D eigenvalue weighted by Crippen LogP contribution is -2.47. The molecule has 24 heavy (non-hydrogen) atoms. The fourth-order valence-corrected chi connectivity index (χ4v) is 3.20. The molecule has 2 aliphatic rings. The van der Waals surface area contributed by atoms with Crippen LogP contribution < -0.4 is 0 Å². The number of rotatable bonds is 2. The van der Waals surface area contributed by atoms with Crippen LogP contribution in [0.1, 0.15) is 23.2 Å². The maximum Gasteiger partial charge on any atom is 0.256 e. The van der Waals surface area contributed by atoms with Crippen molar-refractivity contribution in [2.24, 2.45) is 5.92 Å². The minimum atomic E-state index is -0.855. The molecule has 0 atom stereocenters. The van der Waals surface area contributed by atoms with E-state index < -0.39 is 17.5 Å². The van der Waals surface area contributed by atoms with E-state index in [1.807, 2.05) is 4.90 Å². The lowest BCUT2D eigenvalue weighted by Gasteiger charge is -2.35. The molecule has 0 unspecified atom stereocenters. The Balaban J connectivity index is 1.58. The van der Waals surface area contributed by atoms with E-state index in [4.69, 9.17) is 4.74 Å². The molecule has 2 amide bonds. The summed E-state index contributed by atoms with van der Waals surface area (Å²) in [6.45, 7) is 3.14. The van der Waals surface area contributed by atoms with Crippen molar-refractivity contribution >= 4 is 11.8 Å². The Hall–Kier alpha value is -2.02. The van der Waals surface area contributed by atoms with Crippen molar-refractivity contribution in [3.05, 3.63) is 35.4 Å². The van der Waals surface area contributed by atoms with Crippen molar-refractivity contribution in [1.82, 2.24) is 9.80 Å². The molecule has 130 valence electrons. The van der Waals surface area contributed by atoms with Gasteiger partial charge in [0.05, 0.1) is 18.8 Å². The average molecular weight is 338 g/mol. The number of halogens is 2. The smallest absolute Gasteiger partial charge is 0.256 e. The van der Waals surface area contributed by atoms with E-state index in [1.165, 1.54) is 4.90 Å². The molecule has 1 aromatic carbocycles. The second kappa shape index (κ2) is 7.25. The number of morpholine rings is 1. The van der Waals surface area contributed by atoms with Gasteiger partial charge in [-0.25, -0.2) is 8.78 Å². The van der Waals surface area contributed by atoms with Gasteiger partial charge in [-0.05, 0) is 25.0 Å². The van der Waals surface area contributed by atoms with Crippen LogP contribution in [-0.4, -0.2) is 61.0 Å². The number of hydrogen-bond donors (Lipinski definition) is 0. The predicted molar refractivity (Wildman–Crippen MR) is 82.4 cm³/mol. The van der Waals surface area contributed by atoms with Crippen LogP contribution in [0.5, 0.6) is 0 Å². The number of ether oxygens (including phenoxy) is 1. The maximum absolute atomic E-state index is 13.7. The molecule has 5 nitrogen and oxygen atoms in total. The fraction of sp³-hybridized carbons (Fsp3) is 0.529. The standard InChI is InChI=1S/C17H20F2N2O3/c18-13-1-2-14(15(19)11-13)17(23)20-5-3-12(4-6-20)16(22)21-7-9-24-10-8-21/h1-2,11-12H,3-10H2. The third kappa shape index (κ3) is 3.56. The Morgan fingerprint density at radius 2 is 1.67 bits per heavy atom. The summed E-state index contributed by atoms with van der Waals surface area (Å²) in [6, 6.07) is 2.95. The molecule has 3 rings (SSSR count). The first-order valence-electron chi connectivity index (χ1n) is 8.17. The molecule has 2 fully saturated rings. The summed E-state index contributed by atoms with van der Waals surface area (Å²) in [4.78, 5) is 28.2. The highest BCUT2D eigenvalue weighted by Crippen LogP contribution is 2.22. The maximum atomic E-state index is 13.7. The second-order valence-electron chi connectivity index (χ2n) is 6.13. The first-order chi connectivity index (χ1) is 11.6. The average Bonchev–Trinajstić information content (AvgIpc) is 2.61. The summed E-state index contributed by atoms with van der Waals surface area (Å²) in [5.74, 6) is -2.02. The van der Waals surface area contributed by atoms with Crippen LogP contribution in [-0.2, 0) is 9.53 Å². The molecule has 2 aliphatic heterocycles. The molecule has 1 aromatic rings. The first kappa shape index (κ1) is 16.8. The molecule has 0 aliphatic carbocycles. The third-order valence-electron chi connectivity index (χ3n) is 4.62. The van der Waals surface area contributed by atoms with Gasteiger partial charge in [0.2, 0.25) is 5.91 Å². The summed E-state index contributed by atoms with van der Waals surface area (Å²) in [5.41, 5.74) is -0.130. The van der Waals surface area contributed by atoms with Crippen molar-refractivity contribution < 1.29 is 23.1 Å². The summed E-state index contributed by atoms with van der Waals surface area (Å²) in [6.07, 6.45) is 1.12. The van der Waals surface area contributed by atoms with E-state index in [0.29, 0.717) is 58.3 Å². The number of amides is 2. The van der Waals surface area contributed by atoms with E-state index in [9.17, 15) is 18.4 Å². The lowest BCUT2D eigenvalue weighted by molar-refractivity contribution is -0.141. The zero-order valence-electron chi connectivity index (χ0n) is 13.3. The molecular weight excluding hydrogens is 318 g/mol. The number of likely N-dealkylation sites (tertiary alicyclic amines) is 1. The van der Waals surface area contributed by atoms with E-state index in [-0.39, 0.29) is 17.4 Å². The van der Waals surface area contributed by atoms with E-state index in [2.05, 4.69) is 0 Å². The van der Waals surface area contributed by atoms with Gasteiger partial charge in [0, 0.05) is 38.2 Å². The van der Waals surface area contributed by atoms with Crippen LogP contribution in [0.2, 0.25) is 0 Å². The minimum Gasteiger partial charge on any atom is -0.378 e. The number of piperidine rings is 1. The number of hydrogen-bond acceptors (Lipinski definition) is 3. The fourth-order valence-electron chi connectivity index (χ4n) is 3.20. The summed E-state index contributed by atoms with van der Waals surface area (Å²) >= 11 is 0. The topological polar surface area (TPSA) is 49.9 Å². The van der Waals surface area contributed by atoms with E-state index in [0.717, 1.165) is 12.1 Å². The normalized spacial score (nSPS) is 19.4. The molecule has 0 saturated carbocycles. The first-order valence-corrected chi connectivity index (χ1v) is 8.17. The van der Waals surface area contributed by atoms with Gasteiger partial charge in [-0.15, -0.1) is 0 Å². The van der Waals surface area contributed by atoms with Crippen molar-refractivity contribution in [2.75, 3.05) is 39.4 Å². The van der Waals surface area contributed by atoms with Crippen molar-refractivity contribution in [3.63, 3.8) is 0 Å². The monoisotopic (exact) mass is 338 g/mol. The van der Waals surface area contributed by atoms with Crippen molar-refractivity contribution in [3.8, 4) is 0 Å². The third-order valence-corrected chi connectivity index (χ3v) is 4.62. The Morgan fingerprint density at radius 1 is 1.00 bits per heavy atom. The molecular formula is C17H20F2N2O3. The Bertz CT molecular complexity index is 624. The molecule has 0 N–H and O–H groups in total. The number of carbonyl (C=O) groups is 2. The Morgan fingerprint density at radius 3 is 2.29 bits per heavy atom. The lowest BCUT2D eigenvalue weighted by atomic mass is 9.94. The summed E-state index contributed by atoms with van der Waals surface area (Å²) in [5, 5.41) is 0. The van der Waals surface area contributed by atoms with Gasteiger partial charge < -0.3 is 14.5 Å². The van der Waals surface area contributed by atoms with E-state index >= 15 is 0 Å². The van der Waals surface area contributed by atoms with Gasteiger partial charge in [-0.2, -0.15) is 0 Å². The zero-order valence-corrected chi connectivity index (χ0v) is 13.3. The highest BCUT2D eigenvalue weighted by molar-refractivity contribution is 5.94. The molecule has 2 heterocycles. The van der Waals surface area contributed by atoms with Crippen LogP contribution in [0.3, 0.4) is 0 Å². The van der Waals surface area contributed by atoms with Gasteiger partial charge in [-0.1, -0.05) is 0 Å². The summed E-state index contributed by atoms with van der Waals surface area (Å²) < 4.78 is 31.9. The van der Waals surface area contributed by atoms with Crippen LogP contribution in [0.25, 0.3) is 0 Å². The number of nitrogens with zero attached hydrogens (tertiary/aromatic N) is 2. The van der Waals surface area contributed by atoms with Gasteiger partial charge in [-0.3, -0.25) is 9.59 Å². The minimum absolute atomic E-state index is 0.106. The molecule has 0 radical (unpaired) electrons. The van der Waals surface area contributed by atoms with Crippen molar-refractivity contribution in [2.45, 2.75) is 12.8 Å². The molecule has 0 aromatic heterocycles. The van der Waals surface area contributed by atoms with Crippen LogP contribution in [0.15, 0.2) is 18.2 Å². The highest BCUT2D eigenvalue weighted by atomic mass is 19.1. The molecule has 0 spiro atoms. The molecule has 0 bridgehead atoms. The van der Waals surface area contributed by atoms with Crippen molar-refractivity contribution in [1.29, 1.82) is 0 Å². The largest absolute Gasteiger partial charge is 0.378 e. The van der Waals surface area contributed by atoms with Gasteiger partial charge >= 0.3 is 0 Å². The molecule has 2 saturated heterocycles. The van der Waals surface area contributed by atoms with Gasteiger partial charge in [0.15, 0.2) is 0 Å². The number of benzene rings is 1. The quantitative estimate of drug-likeness (QED) is 0.824. The predicted octanol–water partition coefficient (Wildman–Crippen LogP) is 1.68. The Kier molecular flexibility index (Phi) is 5.08. The summed E-state index contributed by atoms with van der Waals surface area (Å²) in [7, 11) is 0. The SMILES string of the molecule is O=C(c1ccc(F)cc1F)N1CCC(C(=O)N2CCOCC2)CC1. The van der Waals surface area contributed by atoms with Crippen LogP contribution >= 0.6 is 0 Å². The Labute approximate surface area is 139 Å². The van der Waals surface area contributed by atoms with Gasteiger partial charge in [0.1, 0.15) is 11.6 Å². The number of carbonyl (C=O) groups excluding carboxylic acids is 2. The zero-order chi connectivity index (χ0) is 17.1. The second-order valence-corrected chi connectivity index (χ2v) is 6.13. The van der Waals surface area contributed by atoms with E-state index in [1.54, 1.807) is 0 Å². The van der Waals surface area contributed by atoms with Crippen LogP contribution in [0, 0.1) is 17.6 Å². The highest BCUT2D eigenvalue weighted by Gasteiger charge is 2.31.